The first-order valence-electron chi connectivity index (χ1n) is 8.28. The maximum Gasteiger partial charge on any atom is 0.290 e. The van der Waals surface area contributed by atoms with Crippen molar-refractivity contribution >= 4 is 28.2 Å². The van der Waals surface area contributed by atoms with Crippen molar-refractivity contribution in [2.24, 2.45) is 0 Å². The fourth-order valence-corrected chi connectivity index (χ4v) is 3.34. The van der Waals surface area contributed by atoms with Crippen LogP contribution in [0.3, 0.4) is 0 Å². The molecule has 0 fully saturated rings. The number of nitrogens with zero attached hydrogens (tertiary/aromatic N) is 3. The van der Waals surface area contributed by atoms with Crippen LogP contribution in [0.5, 0.6) is 0 Å². The van der Waals surface area contributed by atoms with Crippen LogP contribution in [0.1, 0.15) is 30.3 Å². The Hall–Kier alpha value is -2.93. The molecule has 1 amide bonds. The number of aromatic nitrogens is 2. The maximum atomic E-state index is 12.9. The number of furan rings is 1. The third-order valence-corrected chi connectivity index (χ3v) is 4.90. The first kappa shape index (κ1) is 16.5. The van der Waals surface area contributed by atoms with Crippen LogP contribution in [0.4, 0.5) is 0 Å². The number of amides is 1. The third-order valence-electron chi connectivity index (χ3n) is 4.04. The minimum Gasteiger partial charge on any atom is -0.451 e. The number of hydrogen-bond acceptors (Lipinski definition) is 6. The number of thiophene rings is 1. The number of carbonyl (C=O) groups excluding carboxylic acids is 1. The van der Waals surface area contributed by atoms with Crippen molar-refractivity contribution in [3.63, 3.8) is 0 Å². The number of benzene rings is 1. The van der Waals surface area contributed by atoms with E-state index in [9.17, 15) is 4.79 Å². The van der Waals surface area contributed by atoms with Crippen LogP contribution in [0.25, 0.3) is 21.7 Å². The third kappa shape index (κ3) is 3.13. The molecule has 0 atom stereocenters. The molecular formula is C19H17N3O3S. The molecule has 3 aromatic heterocycles. The van der Waals surface area contributed by atoms with E-state index in [2.05, 4.69) is 10.1 Å². The van der Waals surface area contributed by atoms with E-state index < -0.39 is 0 Å². The van der Waals surface area contributed by atoms with Crippen molar-refractivity contribution in [3.8, 4) is 10.7 Å². The second kappa shape index (κ2) is 6.76. The number of hydrogen-bond donors (Lipinski definition) is 0. The zero-order chi connectivity index (χ0) is 18.1. The molecule has 1 aromatic carbocycles. The van der Waals surface area contributed by atoms with E-state index in [4.69, 9.17) is 8.94 Å². The maximum absolute atomic E-state index is 12.9. The van der Waals surface area contributed by atoms with Crippen molar-refractivity contribution in [3.05, 3.63) is 59.5 Å². The number of fused-ring (bicyclic) bond motifs is 1. The molecule has 0 spiro atoms. The topological polar surface area (TPSA) is 72.4 Å². The first-order chi connectivity index (χ1) is 12.6. The lowest BCUT2D eigenvalue weighted by atomic mass is 10.2. The van der Waals surface area contributed by atoms with Gasteiger partial charge in [-0.25, -0.2) is 0 Å². The average molecular weight is 367 g/mol. The predicted octanol–water partition coefficient (Wildman–Crippen LogP) is 4.60. The van der Waals surface area contributed by atoms with Gasteiger partial charge in [-0.2, -0.15) is 4.98 Å². The molecule has 6 nitrogen and oxygen atoms in total. The quantitative estimate of drug-likeness (QED) is 0.516. The molecule has 0 N–H and O–H groups in total. The van der Waals surface area contributed by atoms with E-state index in [0.29, 0.717) is 23.1 Å². The van der Waals surface area contributed by atoms with E-state index in [1.54, 1.807) is 11.0 Å². The molecule has 0 saturated heterocycles. The van der Waals surface area contributed by atoms with Gasteiger partial charge in [0.2, 0.25) is 11.7 Å². The lowest BCUT2D eigenvalue weighted by Gasteiger charge is -2.23. The summed E-state index contributed by atoms with van der Waals surface area (Å²) in [7, 11) is 0. The molecule has 7 heteroatoms. The Morgan fingerprint density at radius 2 is 2.08 bits per heavy atom. The van der Waals surface area contributed by atoms with E-state index in [1.807, 2.05) is 55.6 Å². The van der Waals surface area contributed by atoms with Crippen molar-refractivity contribution in [2.45, 2.75) is 26.4 Å². The van der Waals surface area contributed by atoms with E-state index >= 15 is 0 Å². The average Bonchev–Trinajstić information content (AvgIpc) is 3.38. The fraction of sp³-hybridized carbons (Fsp3) is 0.211. The lowest BCUT2D eigenvalue weighted by molar-refractivity contribution is 0.0637. The van der Waals surface area contributed by atoms with Gasteiger partial charge in [0, 0.05) is 11.4 Å². The Morgan fingerprint density at radius 3 is 2.81 bits per heavy atom. The highest BCUT2D eigenvalue weighted by Crippen LogP contribution is 2.24. The molecule has 0 saturated carbocycles. The van der Waals surface area contributed by atoms with Crippen LogP contribution in [0, 0.1) is 0 Å². The second-order valence-electron chi connectivity index (χ2n) is 6.16. The van der Waals surface area contributed by atoms with Crippen LogP contribution in [0.2, 0.25) is 0 Å². The van der Waals surface area contributed by atoms with E-state index in [0.717, 1.165) is 10.3 Å². The fourth-order valence-electron chi connectivity index (χ4n) is 2.69. The van der Waals surface area contributed by atoms with E-state index in [1.165, 1.54) is 11.3 Å². The smallest absolute Gasteiger partial charge is 0.290 e. The van der Waals surface area contributed by atoms with Gasteiger partial charge in [-0.05, 0) is 37.4 Å². The highest BCUT2D eigenvalue weighted by molar-refractivity contribution is 7.13. The largest absolute Gasteiger partial charge is 0.451 e. The highest BCUT2D eigenvalue weighted by atomic mass is 32.1. The van der Waals surface area contributed by atoms with Crippen molar-refractivity contribution in [2.75, 3.05) is 0 Å². The molecule has 3 heterocycles. The van der Waals surface area contributed by atoms with Gasteiger partial charge < -0.3 is 13.8 Å². The molecule has 132 valence electrons. The highest BCUT2D eigenvalue weighted by Gasteiger charge is 2.25. The molecular weight excluding hydrogens is 350 g/mol. The van der Waals surface area contributed by atoms with E-state index in [-0.39, 0.29) is 18.5 Å². The molecule has 4 rings (SSSR count). The molecule has 0 bridgehead atoms. The van der Waals surface area contributed by atoms with Crippen LogP contribution < -0.4 is 0 Å². The Morgan fingerprint density at radius 1 is 1.23 bits per heavy atom. The zero-order valence-electron chi connectivity index (χ0n) is 14.4. The summed E-state index contributed by atoms with van der Waals surface area (Å²) in [5, 5.41) is 6.86. The second-order valence-corrected chi connectivity index (χ2v) is 7.11. The molecule has 0 aliphatic rings. The van der Waals surface area contributed by atoms with Crippen LogP contribution >= 0.6 is 11.3 Å². The minimum atomic E-state index is -0.202. The van der Waals surface area contributed by atoms with Gasteiger partial charge in [-0.15, -0.1) is 11.3 Å². The van der Waals surface area contributed by atoms with Crippen molar-refractivity contribution < 1.29 is 13.7 Å². The normalized spacial score (nSPS) is 11.3. The summed E-state index contributed by atoms with van der Waals surface area (Å²) in [6, 6.07) is 13.1. The summed E-state index contributed by atoms with van der Waals surface area (Å²) >= 11 is 1.54. The van der Waals surface area contributed by atoms with Crippen LogP contribution in [-0.4, -0.2) is 27.0 Å². The van der Waals surface area contributed by atoms with Crippen LogP contribution in [-0.2, 0) is 6.54 Å². The molecule has 0 aliphatic heterocycles. The van der Waals surface area contributed by atoms with Gasteiger partial charge in [0.1, 0.15) is 12.1 Å². The molecule has 0 unspecified atom stereocenters. The molecule has 4 aromatic rings. The molecule has 26 heavy (non-hydrogen) atoms. The molecule has 0 radical (unpaired) electrons. The van der Waals surface area contributed by atoms with Crippen molar-refractivity contribution in [1.29, 1.82) is 0 Å². The summed E-state index contributed by atoms with van der Waals surface area (Å²) in [5.41, 5.74) is 0.692. The number of para-hydroxylation sites is 1. The predicted molar refractivity (Wildman–Crippen MR) is 98.8 cm³/mol. The number of carbonyl (C=O) groups is 1. The standard InChI is InChI=1S/C19H17N3O3S/c1-12(2)22(11-17-20-18(21-25-17)16-8-5-9-26-16)19(23)15-10-13-6-3-4-7-14(13)24-15/h3-10,12H,11H2,1-2H3. The van der Waals surface area contributed by atoms with Gasteiger partial charge in [0.25, 0.3) is 5.91 Å². The van der Waals surface area contributed by atoms with Gasteiger partial charge in [0.15, 0.2) is 5.76 Å². The Kier molecular flexibility index (Phi) is 4.30. The minimum absolute atomic E-state index is 0.0483. The van der Waals surface area contributed by atoms with Gasteiger partial charge >= 0.3 is 0 Å². The monoisotopic (exact) mass is 367 g/mol. The summed E-state index contributed by atoms with van der Waals surface area (Å²) in [6.45, 7) is 4.11. The van der Waals surface area contributed by atoms with Gasteiger partial charge in [-0.3, -0.25) is 4.79 Å². The Labute approximate surface area is 154 Å². The summed E-state index contributed by atoms with van der Waals surface area (Å²) in [4.78, 5) is 19.9. The lowest BCUT2D eigenvalue weighted by Crippen LogP contribution is -2.36. The van der Waals surface area contributed by atoms with Crippen LogP contribution in [0.15, 0.2) is 56.8 Å². The summed E-state index contributed by atoms with van der Waals surface area (Å²) in [5.74, 6) is 1.03. The van der Waals surface area contributed by atoms with Gasteiger partial charge in [-0.1, -0.05) is 29.4 Å². The number of rotatable bonds is 5. The van der Waals surface area contributed by atoms with Crippen molar-refractivity contribution in [1.82, 2.24) is 15.0 Å². The summed E-state index contributed by atoms with van der Waals surface area (Å²) < 4.78 is 11.0. The Balaban J connectivity index is 1.58. The Bertz CT molecular complexity index is 1000. The SMILES string of the molecule is CC(C)N(Cc1nc(-c2cccs2)no1)C(=O)c1cc2ccccc2o1. The zero-order valence-corrected chi connectivity index (χ0v) is 15.2. The van der Waals surface area contributed by atoms with Gasteiger partial charge in [0.05, 0.1) is 4.88 Å². The summed E-state index contributed by atoms with van der Waals surface area (Å²) in [6.07, 6.45) is 0. The first-order valence-corrected chi connectivity index (χ1v) is 9.16. The molecule has 0 aliphatic carbocycles.